The summed E-state index contributed by atoms with van der Waals surface area (Å²) in [6, 6.07) is 0. The Labute approximate surface area is 197 Å². The van der Waals surface area contributed by atoms with Crippen molar-refractivity contribution >= 4 is 17.9 Å². The molecule has 0 radical (unpaired) electrons. The molecule has 1 rings (SSSR count). The maximum atomic E-state index is 11.5. The number of carbonyl (C=O) groups excluding carboxylic acids is 3. The second-order valence-corrected chi connectivity index (χ2v) is 8.54. The first-order valence-electron chi connectivity index (χ1n) is 11.8. The van der Waals surface area contributed by atoms with Crippen molar-refractivity contribution in [3.63, 3.8) is 0 Å². The molecule has 8 heteroatoms. The van der Waals surface area contributed by atoms with E-state index in [0.29, 0.717) is 44.9 Å². The molecule has 0 spiro atoms. The van der Waals surface area contributed by atoms with E-state index in [9.17, 15) is 24.6 Å². The summed E-state index contributed by atoms with van der Waals surface area (Å²) in [5.74, 6) is -1.36. The molecule has 0 amide bonds. The van der Waals surface area contributed by atoms with E-state index in [-0.39, 0.29) is 29.9 Å². The SMILES string of the molecule is CCC(CC[C@H](O)/C=C/[C@@H]1[C@@H](C/C=C\CCCC(=O)OC)[C@@H](O)C[C@H]1OC(C)=O)OC(C)=O. The van der Waals surface area contributed by atoms with Crippen molar-refractivity contribution < 1.29 is 38.8 Å². The first kappa shape index (κ1) is 28.8. The van der Waals surface area contributed by atoms with Crippen LogP contribution in [0, 0.1) is 11.8 Å². The number of hydrogen-bond donors (Lipinski definition) is 2. The van der Waals surface area contributed by atoms with Crippen LogP contribution in [-0.4, -0.2) is 59.6 Å². The Balaban J connectivity index is 2.70. The number of allylic oxidation sites excluding steroid dienone is 2. The molecule has 2 N–H and O–H groups in total. The van der Waals surface area contributed by atoms with Crippen LogP contribution in [0.5, 0.6) is 0 Å². The van der Waals surface area contributed by atoms with Crippen LogP contribution >= 0.6 is 0 Å². The molecule has 1 aliphatic rings. The fourth-order valence-corrected chi connectivity index (χ4v) is 4.15. The molecule has 1 saturated carbocycles. The van der Waals surface area contributed by atoms with Crippen molar-refractivity contribution in [3.05, 3.63) is 24.3 Å². The quantitative estimate of drug-likeness (QED) is 0.173. The fourth-order valence-electron chi connectivity index (χ4n) is 4.15. The molecule has 0 heterocycles. The summed E-state index contributed by atoms with van der Waals surface area (Å²) in [4.78, 5) is 33.9. The maximum Gasteiger partial charge on any atom is 0.305 e. The molecule has 1 unspecified atom stereocenters. The molecule has 0 aromatic carbocycles. The summed E-state index contributed by atoms with van der Waals surface area (Å²) >= 11 is 0. The zero-order valence-corrected chi connectivity index (χ0v) is 20.3. The van der Waals surface area contributed by atoms with Gasteiger partial charge in [0.1, 0.15) is 12.2 Å². The van der Waals surface area contributed by atoms with Gasteiger partial charge >= 0.3 is 17.9 Å². The second kappa shape index (κ2) is 15.6. The van der Waals surface area contributed by atoms with Gasteiger partial charge in [-0.2, -0.15) is 0 Å². The summed E-state index contributed by atoms with van der Waals surface area (Å²) in [6.07, 6.45) is 9.76. The van der Waals surface area contributed by atoms with Gasteiger partial charge in [-0.3, -0.25) is 14.4 Å². The summed E-state index contributed by atoms with van der Waals surface area (Å²) in [5.41, 5.74) is 0. The van der Waals surface area contributed by atoms with Crippen LogP contribution in [0.1, 0.15) is 72.1 Å². The van der Waals surface area contributed by atoms with Gasteiger partial charge in [0.05, 0.1) is 19.3 Å². The Bertz CT molecular complexity index is 671. The maximum absolute atomic E-state index is 11.5. The summed E-state index contributed by atoms with van der Waals surface area (Å²) in [6.45, 7) is 4.64. The number of unbranched alkanes of at least 4 members (excludes halogenated alkanes) is 1. The Morgan fingerprint density at radius 2 is 1.85 bits per heavy atom. The van der Waals surface area contributed by atoms with Gasteiger partial charge in [-0.1, -0.05) is 31.2 Å². The van der Waals surface area contributed by atoms with Gasteiger partial charge in [-0.15, -0.1) is 0 Å². The minimum atomic E-state index is -0.736. The van der Waals surface area contributed by atoms with Gasteiger partial charge in [0.15, 0.2) is 0 Å². The normalized spacial score (nSPS) is 24.7. The highest BCUT2D eigenvalue weighted by atomic mass is 16.5. The Morgan fingerprint density at radius 3 is 2.45 bits per heavy atom. The first-order valence-corrected chi connectivity index (χ1v) is 11.8. The topological polar surface area (TPSA) is 119 Å². The Hall–Kier alpha value is -2.19. The third kappa shape index (κ3) is 11.5. The molecular weight excluding hydrogens is 428 g/mol. The number of rotatable bonds is 14. The van der Waals surface area contributed by atoms with E-state index in [0.717, 1.165) is 6.42 Å². The van der Waals surface area contributed by atoms with Crippen LogP contribution in [0.15, 0.2) is 24.3 Å². The van der Waals surface area contributed by atoms with Crippen LogP contribution < -0.4 is 0 Å². The van der Waals surface area contributed by atoms with Crippen LogP contribution in [0.2, 0.25) is 0 Å². The molecule has 33 heavy (non-hydrogen) atoms. The van der Waals surface area contributed by atoms with Gasteiger partial charge in [0.2, 0.25) is 0 Å². The van der Waals surface area contributed by atoms with Crippen molar-refractivity contribution in [1.29, 1.82) is 0 Å². The van der Waals surface area contributed by atoms with Crippen molar-refractivity contribution in [2.45, 2.75) is 96.6 Å². The second-order valence-electron chi connectivity index (χ2n) is 8.54. The van der Waals surface area contributed by atoms with E-state index in [1.807, 2.05) is 25.2 Å². The highest BCUT2D eigenvalue weighted by molar-refractivity contribution is 5.69. The van der Waals surface area contributed by atoms with Crippen LogP contribution in [0.4, 0.5) is 0 Å². The third-order valence-electron chi connectivity index (χ3n) is 5.89. The molecule has 0 aliphatic heterocycles. The van der Waals surface area contributed by atoms with Crippen LogP contribution in [0.3, 0.4) is 0 Å². The van der Waals surface area contributed by atoms with Crippen molar-refractivity contribution in [3.8, 4) is 0 Å². The summed E-state index contributed by atoms with van der Waals surface area (Å²) < 4.78 is 15.3. The largest absolute Gasteiger partial charge is 0.469 e. The van der Waals surface area contributed by atoms with Crippen molar-refractivity contribution in [1.82, 2.24) is 0 Å². The Kier molecular flexibility index (Phi) is 13.6. The molecule has 0 aromatic heterocycles. The molecule has 8 nitrogen and oxygen atoms in total. The number of carbonyl (C=O) groups is 3. The zero-order chi connectivity index (χ0) is 24.8. The first-order chi connectivity index (χ1) is 15.7. The van der Waals surface area contributed by atoms with E-state index < -0.39 is 24.3 Å². The lowest BCUT2D eigenvalue weighted by Gasteiger charge is -2.22. The summed E-state index contributed by atoms with van der Waals surface area (Å²) in [7, 11) is 1.37. The predicted molar refractivity (Wildman–Crippen MR) is 123 cm³/mol. The lowest BCUT2D eigenvalue weighted by molar-refractivity contribution is -0.148. The summed E-state index contributed by atoms with van der Waals surface area (Å²) in [5, 5.41) is 21.0. The minimum Gasteiger partial charge on any atom is -0.469 e. The highest BCUT2D eigenvalue weighted by Crippen LogP contribution is 2.38. The minimum absolute atomic E-state index is 0.154. The average molecular weight is 469 g/mol. The molecule has 0 saturated heterocycles. The van der Waals surface area contributed by atoms with E-state index in [1.54, 1.807) is 6.08 Å². The number of esters is 3. The molecule has 6 atom stereocenters. The fraction of sp³-hybridized carbons (Fsp3) is 0.720. The number of aliphatic hydroxyl groups excluding tert-OH is 2. The zero-order valence-electron chi connectivity index (χ0n) is 20.3. The lowest BCUT2D eigenvalue weighted by Crippen LogP contribution is -2.24. The monoisotopic (exact) mass is 468 g/mol. The lowest BCUT2D eigenvalue weighted by atomic mass is 9.89. The number of hydrogen-bond acceptors (Lipinski definition) is 8. The molecule has 0 bridgehead atoms. The third-order valence-corrected chi connectivity index (χ3v) is 5.89. The van der Waals surface area contributed by atoms with Crippen molar-refractivity contribution in [2.24, 2.45) is 11.8 Å². The van der Waals surface area contributed by atoms with Gasteiger partial charge in [0.25, 0.3) is 0 Å². The van der Waals surface area contributed by atoms with Gasteiger partial charge in [-0.25, -0.2) is 0 Å². The predicted octanol–water partition coefficient (Wildman–Crippen LogP) is 3.24. The standard InChI is InChI=1S/C25H40O8/c1-5-20(32-17(2)26)14-12-19(28)13-15-22-21(23(29)16-24(22)33-18(3)27)10-8-6-7-9-11-25(30)31-4/h6,8,13,15,19-24,28-29H,5,7,9-12,14,16H2,1-4H3/b8-6-,15-13+/t19-,20?,21+,22+,23-,24+/m0/s1. The van der Waals surface area contributed by atoms with E-state index in [1.165, 1.54) is 21.0 Å². The average Bonchev–Trinajstić information content (AvgIpc) is 3.04. The number of ether oxygens (including phenoxy) is 3. The smallest absolute Gasteiger partial charge is 0.305 e. The van der Waals surface area contributed by atoms with Crippen LogP contribution in [-0.2, 0) is 28.6 Å². The Morgan fingerprint density at radius 1 is 1.12 bits per heavy atom. The number of methoxy groups -OCH3 is 1. The van der Waals surface area contributed by atoms with Crippen LogP contribution in [0.25, 0.3) is 0 Å². The van der Waals surface area contributed by atoms with Gasteiger partial charge in [-0.05, 0) is 44.4 Å². The molecule has 1 aliphatic carbocycles. The van der Waals surface area contributed by atoms with E-state index in [2.05, 4.69) is 4.74 Å². The van der Waals surface area contributed by atoms with E-state index in [4.69, 9.17) is 9.47 Å². The molecule has 0 aromatic rings. The van der Waals surface area contributed by atoms with Gasteiger partial charge in [0, 0.05) is 32.6 Å². The molecule has 1 fully saturated rings. The highest BCUT2D eigenvalue weighted by Gasteiger charge is 2.42. The van der Waals surface area contributed by atoms with Gasteiger partial charge < -0.3 is 24.4 Å². The van der Waals surface area contributed by atoms with E-state index >= 15 is 0 Å². The molecule has 188 valence electrons. The molecular formula is C25H40O8. The van der Waals surface area contributed by atoms with Crippen molar-refractivity contribution in [2.75, 3.05) is 7.11 Å². The number of aliphatic hydroxyl groups is 2.